The van der Waals surface area contributed by atoms with Crippen molar-refractivity contribution >= 4 is 11.9 Å². The van der Waals surface area contributed by atoms with Crippen molar-refractivity contribution in [2.24, 2.45) is 11.8 Å². The SMILES string of the molecule is C[C@@H]1CC1C(=O)OCC(=O)N1CCOCC1. The van der Waals surface area contributed by atoms with E-state index in [1.54, 1.807) is 4.90 Å². The van der Waals surface area contributed by atoms with Crippen molar-refractivity contribution < 1.29 is 19.1 Å². The van der Waals surface area contributed by atoms with Crippen molar-refractivity contribution in [1.29, 1.82) is 0 Å². The van der Waals surface area contributed by atoms with Crippen LogP contribution in [0.5, 0.6) is 0 Å². The molecule has 1 heterocycles. The molecular weight excluding hydrogens is 210 g/mol. The summed E-state index contributed by atoms with van der Waals surface area (Å²) in [5.41, 5.74) is 0. The fraction of sp³-hybridized carbons (Fsp3) is 0.818. The molecule has 1 saturated heterocycles. The Hall–Kier alpha value is -1.10. The van der Waals surface area contributed by atoms with Gasteiger partial charge in [-0.1, -0.05) is 6.92 Å². The predicted molar refractivity (Wildman–Crippen MR) is 55.6 cm³/mol. The van der Waals surface area contributed by atoms with Crippen LogP contribution in [0.15, 0.2) is 0 Å². The molecule has 1 amide bonds. The fourth-order valence-corrected chi connectivity index (χ4v) is 1.79. The Bertz CT molecular complexity index is 286. The number of rotatable bonds is 3. The Labute approximate surface area is 94.7 Å². The molecular formula is C11H17NO4. The highest BCUT2D eigenvalue weighted by molar-refractivity contribution is 5.82. The van der Waals surface area contributed by atoms with Crippen molar-refractivity contribution in [3.8, 4) is 0 Å². The molecule has 5 nitrogen and oxygen atoms in total. The lowest BCUT2D eigenvalue weighted by molar-refractivity contribution is -0.154. The fourth-order valence-electron chi connectivity index (χ4n) is 1.79. The average Bonchev–Trinajstić information content (AvgIpc) is 3.04. The Morgan fingerprint density at radius 2 is 2.00 bits per heavy atom. The lowest BCUT2D eigenvalue weighted by atomic mass is 10.3. The molecule has 2 aliphatic rings. The Balaban J connectivity index is 1.68. The molecule has 1 aliphatic heterocycles. The maximum absolute atomic E-state index is 11.6. The first-order valence-electron chi connectivity index (χ1n) is 5.70. The van der Waals surface area contributed by atoms with Gasteiger partial charge < -0.3 is 14.4 Å². The zero-order valence-corrected chi connectivity index (χ0v) is 9.48. The van der Waals surface area contributed by atoms with E-state index in [0.717, 1.165) is 6.42 Å². The van der Waals surface area contributed by atoms with Crippen LogP contribution in [-0.2, 0) is 19.1 Å². The lowest BCUT2D eigenvalue weighted by Gasteiger charge is -2.26. The summed E-state index contributed by atoms with van der Waals surface area (Å²) in [7, 11) is 0. The van der Waals surface area contributed by atoms with Crippen molar-refractivity contribution in [3.63, 3.8) is 0 Å². The summed E-state index contributed by atoms with van der Waals surface area (Å²) in [6.07, 6.45) is 0.893. The summed E-state index contributed by atoms with van der Waals surface area (Å²) >= 11 is 0. The zero-order valence-electron chi connectivity index (χ0n) is 9.48. The lowest BCUT2D eigenvalue weighted by Crippen LogP contribution is -2.42. The summed E-state index contributed by atoms with van der Waals surface area (Å²) < 4.78 is 10.1. The van der Waals surface area contributed by atoms with E-state index in [0.29, 0.717) is 32.2 Å². The van der Waals surface area contributed by atoms with E-state index >= 15 is 0 Å². The molecule has 0 spiro atoms. The molecule has 2 atom stereocenters. The zero-order chi connectivity index (χ0) is 11.5. The minimum atomic E-state index is -0.228. The molecule has 1 saturated carbocycles. The Morgan fingerprint density at radius 1 is 1.38 bits per heavy atom. The maximum Gasteiger partial charge on any atom is 0.309 e. The van der Waals surface area contributed by atoms with Crippen LogP contribution in [0.1, 0.15) is 13.3 Å². The van der Waals surface area contributed by atoms with Gasteiger partial charge in [-0.05, 0) is 12.3 Å². The van der Waals surface area contributed by atoms with Crippen LogP contribution in [0.4, 0.5) is 0 Å². The largest absolute Gasteiger partial charge is 0.455 e. The van der Waals surface area contributed by atoms with E-state index in [4.69, 9.17) is 9.47 Å². The van der Waals surface area contributed by atoms with Crippen molar-refractivity contribution in [2.75, 3.05) is 32.9 Å². The minimum Gasteiger partial charge on any atom is -0.455 e. The molecule has 0 radical (unpaired) electrons. The van der Waals surface area contributed by atoms with Gasteiger partial charge >= 0.3 is 5.97 Å². The number of ether oxygens (including phenoxy) is 2. The average molecular weight is 227 g/mol. The van der Waals surface area contributed by atoms with Gasteiger partial charge in [0.1, 0.15) is 0 Å². The van der Waals surface area contributed by atoms with Gasteiger partial charge in [0, 0.05) is 13.1 Å². The molecule has 90 valence electrons. The molecule has 2 rings (SSSR count). The van der Waals surface area contributed by atoms with Crippen LogP contribution in [-0.4, -0.2) is 49.7 Å². The van der Waals surface area contributed by atoms with Gasteiger partial charge in [0.25, 0.3) is 5.91 Å². The normalized spacial score (nSPS) is 28.7. The van der Waals surface area contributed by atoms with Crippen LogP contribution in [0.2, 0.25) is 0 Å². The highest BCUT2D eigenvalue weighted by Gasteiger charge is 2.40. The molecule has 0 aromatic rings. The summed E-state index contributed by atoms with van der Waals surface area (Å²) in [6, 6.07) is 0. The molecule has 2 fully saturated rings. The number of nitrogens with zero attached hydrogens (tertiary/aromatic N) is 1. The minimum absolute atomic E-state index is 0.0255. The van der Waals surface area contributed by atoms with E-state index < -0.39 is 0 Å². The summed E-state index contributed by atoms with van der Waals surface area (Å²) in [4.78, 5) is 24.7. The smallest absolute Gasteiger partial charge is 0.309 e. The van der Waals surface area contributed by atoms with Gasteiger partial charge in [0.05, 0.1) is 19.1 Å². The highest BCUT2D eigenvalue weighted by Crippen LogP contribution is 2.38. The molecule has 16 heavy (non-hydrogen) atoms. The molecule has 1 aliphatic carbocycles. The monoisotopic (exact) mass is 227 g/mol. The Kier molecular flexibility index (Phi) is 3.43. The second-order valence-corrected chi connectivity index (χ2v) is 4.42. The van der Waals surface area contributed by atoms with Crippen LogP contribution in [0.25, 0.3) is 0 Å². The first-order chi connectivity index (χ1) is 7.68. The Morgan fingerprint density at radius 3 is 2.56 bits per heavy atom. The number of carbonyl (C=O) groups is 2. The third kappa shape index (κ3) is 2.72. The molecule has 0 aromatic carbocycles. The highest BCUT2D eigenvalue weighted by atomic mass is 16.5. The molecule has 1 unspecified atom stereocenters. The number of amides is 1. The molecule has 5 heteroatoms. The van der Waals surface area contributed by atoms with E-state index in [9.17, 15) is 9.59 Å². The van der Waals surface area contributed by atoms with Crippen LogP contribution >= 0.6 is 0 Å². The van der Waals surface area contributed by atoms with Crippen LogP contribution in [0, 0.1) is 11.8 Å². The van der Waals surface area contributed by atoms with E-state index in [2.05, 4.69) is 0 Å². The number of carbonyl (C=O) groups excluding carboxylic acids is 2. The number of morpholine rings is 1. The first kappa shape index (κ1) is 11.4. The van der Waals surface area contributed by atoms with Gasteiger partial charge in [-0.15, -0.1) is 0 Å². The van der Waals surface area contributed by atoms with Crippen LogP contribution in [0.3, 0.4) is 0 Å². The second kappa shape index (κ2) is 4.82. The molecule has 0 aromatic heterocycles. The summed E-state index contributed by atoms with van der Waals surface area (Å²) in [5, 5.41) is 0. The van der Waals surface area contributed by atoms with Crippen molar-refractivity contribution in [3.05, 3.63) is 0 Å². The predicted octanol–water partition coefficient (Wildman–Crippen LogP) is 0.0444. The van der Waals surface area contributed by atoms with E-state index in [1.165, 1.54) is 0 Å². The molecule has 0 bridgehead atoms. The first-order valence-corrected chi connectivity index (χ1v) is 5.70. The van der Waals surface area contributed by atoms with Crippen LogP contribution < -0.4 is 0 Å². The van der Waals surface area contributed by atoms with Crippen molar-refractivity contribution in [2.45, 2.75) is 13.3 Å². The van der Waals surface area contributed by atoms with Crippen molar-refractivity contribution in [1.82, 2.24) is 4.90 Å². The topological polar surface area (TPSA) is 55.8 Å². The number of esters is 1. The quantitative estimate of drug-likeness (QED) is 0.639. The third-order valence-electron chi connectivity index (χ3n) is 3.11. The van der Waals surface area contributed by atoms with Gasteiger partial charge in [-0.25, -0.2) is 0 Å². The van der Waals surface area contributed by atoms with E-state index in [1.807, 2.05) is 6.92 Å². The number of hydrogen-bond acceptors (Lipinski definition) is 4. The van der Waals surface area contributed by atoms with E-state index in [-0.39, 0.29) is 24.4 Å². The second-order valence-electron chi connectivity index (χ2n) is 4.42. The summed E-state index contributed by atoms with van der Waals surface area (Å²) in [5.74, 6) is 0.0996. The molecule has 0 N–H and O–H groups in total. The number of hydrogen-bond donors (Lipinski definition) is 0. The summed E-state index contributed by atoms with van der Waals surface area (Å²) in [6.45, 7) is 4.21. The van der Waals surface area contributed by atoms with Gasteiger partial charge in [0.2, 0.25) is 0 Å². The van der Waals surface area contributed by atoms with Gasteiger partial charge in [-0.3, -0.25) is 9.59 Å². The third-order valence-corrected chi connectivity index (χ3v) is 3.11. The maximum atomic E-state index is 11.6. The van der Waals surface area contributed by atoms with Gasteiger partial charge in [0.15, 0.2) is 6.61 Å². The van der Waals surface area contributed by atoms with Gasteiger partial charge in [-0.2, -0.15) is 0 Å². The standard InChI is InChI=1S/C11H17NO4/c1-8-6-9(8)11(14)16-7-10(13)12-2-4-15-5-3-12/h8-9H,2-7H2,1H3/t8-,9?/m1/s1.